The summed E-state index contributed by atoms with van der Waals surface area (Å²) in [6, 6.07) is 0. The van der Waals surface area contributed by atoms with E-state index < -0.39 is 0 Å². The zero-order valence-electron chi connectivity index (χ0n) is 7.05. The van der Waals surface area contributed by atoms with E-state index in [1.54, 1.807) is 6.92 Å². The Kier molecular flexibility index (Phi) is 2.69. The molecule has 1 saturated heterocycles. The Morgan fingerprint density at radius 2 is 2.09 bits per heavy atom. The quantitative estimate of drug-likeness (QED) is 0.522. The lowest BCUT2D eigenvalue weighted by Gasteiger charge is -2.29. The molecule has 0 aliphatic carbocycles. The average molecular weight is 153 g/mol. The first-order valence-corrected chi connectivity index (χ1v) is 4.12. The molecule has 1 aliphatic heterocycles. The molecule has 0 spiro atoms. The minimum atomic E-state index is 0.201. The molecule has 1 amide bonds. The molecule has 1 fully saturated rings. The molecule has 0 aromatic carbocycles. The van der Waals surface area contributed by atoms with Crippen molar-refractivity contribution < 1.29 is 4.79 Å². The van der Waals surface area contributed by atoms with Crippen LogP contribution < -0.4 is 0 Å². The van der Waals surface area contributed by atoms with Crippen LogP contribution >= 0.6 is 0 Å². The maximum absolute atomic E-state index is 10.9. The van der Waals surface area contributed by atoms with E-state index in [1.165, 1.54) is 0 Å². The fraction of sp³-hybridized carbons (Fsp3) is 0.667. The summed E-state index contributed by atoms with van der Waals surface area (Å²) in [5.41, 5.74) is 0. The molecule has 1 rings (SSSR count). The summed E-state index contributed by atoms with van der Waals surface area (Å²) in [5.74, 6) is 0.832. The second-order valence-electron chi connectivity index (χ2n) is 3.08. The minimum absolute atomic E-state index is 0.201. The molecule has 0 N–H and O–H groups in total. The summed E-state index contributed by atoms with van der Waals surface area (Å²) in [6.45, 7) is 7.20. The van der Waals surface area contributed by atoms with Crippen molar-refractivity contribution in [2.45, 2.75) is 19.8 Å². The molecule has 62 valence electrons. The fourth-order valence-electron chi connectivity index (χ4n) is 1.45. The molecule has 0 atom stereocenters. The Morgan fingerprint density at radius 3 is 2.45 bits per heavy atom. The van der Waals surface area contributed by atoms with E-state index in [0.717, 1.165) is 25.9 Å². The lowest BCUT2D eigenvalue weighted by molar-refractivity contribution is -0.129. The Balaban J connectivity index is 2.35. The second kappa shape index (κ2) is 3.56. The number of carbonyl (C=O) groups is 1. The van der Waals surface area contributed by atoms with Crippen LogP contribution in [0.25, 0.3) is 0 Å². The van der Waals surface area contributed by atoms with Gasteiger partial charge in [-0.25, -0.2) is 0 Å². The van der Waals surface area contributed by atoms with E-state index in [1.807, 2.05) is 11.0 Å². The molecule has 2 heteroatoms. The van der Waals surface area contributed by atoms with E-state index in [-0.39, 0.29) is 5.91 Å². The van der Waals surface area contributed by atoms with E-state index in [2.05, 4.69) is 6.58 Å². The van der Waals surface area contributed by atoms with Crippen LogP contribution in [0, 0.1) is 5.92 Å². The number of allylic oxidation sites excluding steroid dienone is 1. The Morgan fingerprint density at radius 1 is 1.55 bits per heavy atom. The summed E-state index contributed by atoms with van der Waals surface area (Å²) < 4.78 is 0. The Hall–Kier alpha value is -0.790. The van der Waals surface area contributed by atoms with Crippen molar-refractivity contribution in [3.8, 4) is 0 Å². The molecule has 1 aliphatic rings. The Labute approximate surface area is 67.9 Å². The number of hydrogen-bond donors (Lipinski definition) is 0. The van der Waals surface area contributed by atoms with Crippen LogP contribution in [0.5, 0.6) is 0 Å². The molecule has 0 unspecified atom stereocenters. The highest BCUT2D eigenvalue weighted by Gasteiger charge is 2.17. The molecule has 2 nitrogen and oxygen atoms in total. The van der Waals surface area contributed by atoms with Crippen molar-refractivity contribution in [3.63, 3.8) is 0 Å². The highest BCUT2D eigenvalue weighted by atomic mass is 16.2. The molecule has 0 radical (unpaired) electrons. The molecular formula is C9H15NO. The SMILES string of the molecule is C=CC1CCN(C(C)=O)CC1. The summed E-state index contributed by atoms with van der Waals surface area (Å²) in [7, 11) is 0. The summed E-state index contributed by atoms with van der Waals surface area (Å²) in [5, 5.41) is 0. The molecule has 0 aromatic rings. The first kappa shape index (κ1) is 8.31. The van der Waals surface area contributed by atoms with Crippen LogP contribution in [0.3, 0.4) is 0 Å². The molecule has 0 aromatic heterocycles. The number of amides is 1. The topological polar surface area (TPSA) is 20.3 Å². The predicted molar refractivity (Wildman–Crippen MR) is 45.2 cm³/mol. The molecular weight excluding hydrogens is 138 g/mol. The van der Waals surface area contributed by atoms with Crippen LogP contribution in [0.1, 0.15) is 19.8 Å². The van der Waals surface area contributed by atoms with Crippen molar-refractivity contribution in [2.75, 3.05) is 13.1 Å². The van der Waals surface area contributed by atoms with Gasteiger partial charge in [-0.05, 0) is 18.8 Å². The third kappa shape index (κ3) is 2.07. The van der Waals surface area contributed by atoms with E-state index >= 15 is 0 Å². The maximum Gasteiger partial charge on any atom is 0.219 e. The lowest BCUT2D eigenvalue weighted by Crippen LogP contribution is -2.36. The van der Waals surface area contributed by atoms with Crippen molar-refractivity contribution in [3.05, 3.63) is 12.7 Å². The first-order chi connectivity index (χ1) is 5.24. The minimum Gasteiger partial charge on any atom is -0.343 e. The van der Waals surface area contributed by atoms with Crippen LogP contribution in [0.4, 0.5) is 0 Å². The van der Waals surface area contributed by atoms with Gasteiger partial charge in [0.15, 0.2) is 0 Å². The number of likely N-dealkylation sites (tertiary alicyclic amines) is 1. The van der Waals surface area contributed by atoms with E-state index in [0.29, 0.717) is 5.92 Å². The zero-order chi connectivity index (χ0) is 8.27. The number of nitrogens with zero attached hydrogens (tertiary/aromatic N) is 1. The third-order valence-corrected chi connectivity index (χ3v) is 2.32. The smallest absolute Gasteiger partial charge is 0.219 e. The van der Waals surface area contributed by atoms with E-state index in [9.17, 15) is 4.79 Å². The highest BCUT2D eigenvalue weighted by molar-refractivity contribution is 5.73. The van der Waals surface area contributed by atoms with Crippen LogP contribution in [-0.2, 0) is 4.79 Å². The summed E-state index contributed by atoms with van der Waals surface area (Å²) >= 11 is 0. The van der Waals surface area contributed by atoms with Gasteiger partial charge in [-0.2, -0.15) is 0 Å². The van der Waals surface area contributed by atoms with Crippen molar-refractivity contribution in [2.24, 2.45) is 5.92 Å². The largest absolute Gasteiger partial charge is 0.343 e. The van der Waals surface area contributed by atoms with Crippen molar-refractivity contribution in [1.82, 2.24) is 4.90 Å². The summed E-state index contributed by atoms with van der Waals surface area (Å²) in [6.07, 6.45) is 4.17. The number of carbonyl (C=O) groups excluding carboxylic acids is 1. The zero-order valence-corrected chi connectivity index (χ0v) is 7.05. The highest BCUT2D eigenvalue weighted by Crippen LogP contribution is 2.17. The van der Waals surface area contributed by atoms with Gasteiger partial charge in [0.2, 0.25) is 5.91 Å². The van der Waals surface area contributed by atoms with Gasteiger partial charge in [-0.3, -0.25) is 4.79 Å². The van der Waals surface area contributed by atoms with Gasteiger partial charge in [0.1, 0.15) is 0 Å². The average Bonchev–Trinajstić information content (AvgIpc) is 2.05. The van der Waals surface area contributed by atoms with Gasteiger partial charge in [-0.1, -0.05) is 6.08 Å². The Bertz CT molecular complexity index is 157. The summed E-state index contributed by atoms with van der Waals surface area (Å²) in [4.78, 5) is 12.8. The number of rotatable bonds is 1. The first-order valence-electron chi connectivity index (χ1n) is 4.12. The van der Waals surface area contributed by atoms with Gasteiger partial charge in [-0.15, -0.1) is 6.58 Å². The van der Waals surface area contributed by atoms with Gasteiger partial charge >= 0.3 is 0 Å². The van der Waals surface area contributed by atoms with Crippen molar-refractivity contribution >= 4 is 5.91 Å². The van der Waals surface area contributed by atoms with Gasteiger partial charge < -0.3 is 4.90 Å². The lowest BCUT2D eigenvalue weighted by atomic mass is 9.97. The third-order valence-electron chi connectivity index (χ3n) is 2.32. The monoisotopic (exact) mass is 153 g/mol. The maximum atomic E-state index is 10.9. The standard InChI is InChI=1S/C9H15NO/c1-3-9-4-6-10(7-5-9)8(2)11/h3,9H,1,4-7H2,2H3. The number of hydrogen-bond acceptors (Lipinski definition) is 1. The molecule has 0 bridgehead atoms. The van der Waals surface area contributed by atoms with Crippen LogP contribution in [-0.4, -0.2) is 23.9 Å². The second-order valence-corrected chi connectivity index (χ2v) is 3.08. The van der Waals surface area contributed by atoms with Crippen molar-refractivity contribution in [1.29, 1.82) is 0 Å². The van der Waals surface area contributed by atoms with Crippen LogP contribution in [0.2, 0.25) is 0 Å². The van der Waals surface area contributed by atoms with Gasteiger partial charge in [0, 0.05) is 20.0 Å². The molecule has 1 heterocycles. The predicted octanol–water partition coefficient (Wildman–Crippen LogP) is 1.43. The van der Waals surface area contributed by atoms with Gasteiger partial charge in [0.25, 0.3) is 0 Å². The van der Waals surface area contributed by atoms with E-state index in [4.69, 9.17) is 0 Å². The van der Waals surface area contributed by atoms with Crippen LogP contribution in [0.15, 0.2) is 12.7 Å². The fourth-order valence-corrected chi connectivity index (χ4v) is 1.45. The molecule has 0 saturated carbocycles. The van der Waals surface area contributed by atoms with Gasteiger partial charge in [0.05, 0.1) is 0 Å². The molecule has 11 heavy (non-hydrogen) atoms. The normalized spacial score (nSPS) is 19.9. The number of piperidine rings is 1.